The molecule has 1 saturated heterocycles. The number of carbonyl (C=O) groups excluding carboxylic acids is 2. The molecule has 1 aliphatic rings. The highest BCUT2D eigenvalue weighted by molar-refractivity contribution is 5.89. The Morgan fingerprint density at radius 1 is 1.29 bits per heavy atom. The normalized spacial score (nSPS) is 23.2. The molecule has 2 amide bonds. The summed E-state index contributed by atoms with van der Waals surface area (Å²) in [6.07, 6.45) is -1.02. The van der Waals surface area contributed by atoms with Crippen LogP contribution in [0.2, 0.25) is 0 Å². The van der Waals surface area contributed by atoms with Crippen LogP contribution in [0.5, 0.6) is 0 Å². The van der Waals surface area contributed by atoms with Crippen molar-refractivity contribution in [3.8, 4) is 6.07 Å². The average molecular weight is 295 g/mol. The summed E-state index contributed by atoms with van der Waals surface area (Å²) in [7, 11) is 1.66. The minimum atomic E-state index is -0.779. The van der Waals surface area contributed by atoms with Gasteiger partial charge in [0.2, 0.25) is 5.91 Å². The van der Waals surface area contributed by atoms with Gasteiger partial charge in [-0.3, -0.25) is 9.69 Å². The van der Waals surface area contributed by atoms with Crippen LogP contribution in [-0.2, 0) is 9.53 Å². The first-order valence-corrected chi connectivity index (χ1v) is 7.05. The van der Waals surface area contributed by atoms with E-state index in [0.29, 0.717) is 0 Å². The average Bonchev–Trinajstić information content (AvgIpc) is 2.51. The molecule has 21 heavy (non-hydrogen) atoms. The predicted molar refractivity (Wildman–Crippen MR) is 78.1 cm³/mol. The molecular formula is C15H25N3O3. The smallest absolute Gasteiger partial charge is 0.412 e. The number of ether oxygens (including phenoxy) is 1. The maximum absolute atomic E-state index is 12.5. The van der Waals surface area contributed by atoms with Gasteiger partial charge in [0, 0.05) is 12.5 Å². The number of nitriles is 1. The van der Waals surface area contributed by atoms with Crippen molar-refractivity contribution in [2.45, 2.75) is 65.8 Å². The number of likely N-dealkylation sites (N-methyl/N-ethyl adjacent to an activating group) is 1. The highest BCUT2D eigenvalue weighted by Gasteiger charge is 2.52. The molecule has 2 atom stereocenters. The Kier molecular flexibility index (Phi) is 4.57. The molecule has 0 aliphatic carbocycles. The van der Waals surface area contributed by atoms with Gasteiger partial charge in [-0.15, -0.1) is 0 Å². The number of rotatable bonds is 1. The maximum atomic E-state index is 12.5. The summed E-state index contributed by atoms with van der Waals surface area (Å²) in [5, 5.41) is 8.95. The molecule has 0 bridgehead atoms. The van der Waals surface area contributed by atoms with Crippen molar-refractivity contribution in [1.29, 1.82) is 5.26 Å². The van der Waals surface area contributed by atoms with Crippen molar-refractivity contribution in [2.24, 2.45) is 5.41 Å². The van der Waals surface area contributed by atoms with Crippen LogP contribution in [0, 0.1) is 16.7 Å². The molecule has 0 aromatic heterocycles. The zero-order valence-electron chi connectivity index (χ0n) is 13.9. The van der Waals surface area contributed by atoms with Crippen molar-refractivity contribution >= 4 is 12.0 Å². The molecule has 0 saturated carbocycles. The monoisotopic (exact) mass is 295 g/mol. The first-order valence-electron chi connectivity index (χ1n) is 7.05. The molecule has 0 aromatic rings. The summed E-state index contributed by atoms with van der Waals surface area (Å²) in [6.45, 7) is 11.2. The Morgan fingerprint density at radius 2 is 1.81 bits per heavy atom. The maximum Gasteiger partial charge on any atom is 0.412 e. The minimum Gasteiger partial charge on any atom is -0.444 e. The lowest BCUT2D eigenvalue weighted by Crippen LogP contribution is -2.52. The molecule has 0 aromatic carbocycles. The molecule has 0 N–H and O–H groups in total. The second kappa shape index (κ2) is 5.55. The number of carbonyl (C=O) groups is 2. The summed E-state index contributed by atoms with van der Waals surface area (Å²) in [6, 6.07) is 1.20. The Balaban J connectivity index is 3.21. The van der Waals surface area contributed by atoms with E-state index in [2.05, 4.69) is 0 Å². The third-order valence-electron chi connectivity index (χ3n) is 3.26. The van der Waals surface area contributed by atoms with Crippen LogP contribution >= 0.6 is 0 Å². The largest absolute Gasteiger partial charge is 0.444 e. The first-order chi connectivity index (χ1) is 9.40. The Morgan fingerprint density at radius 3 is 2.19 bits per heavy atom. The highest BCUT2D eigenvalue weighted by Crippen LogP contribution is 2.35. The van der Waals surface area contributed by atoms with Gasteiger partial charge in [0.15, 0.2) is 0 Å². The van der Waals surface area contributed by atoms with E-state index >= 15 is 0 Å². The molecule has 6 nitrogen and oxygen atoms in total. The molecule has 0 radical (unpaired) electrons. The van der Waals surface area contributed by atoms with E-state index in [1.807, 2.05) is 26.8 Å². The van der Waals surface area contributed by atoms with Crippen molar-refractivity contribution in [3.05, 3.63) is 0 Å². The Labute approximate surface area is 126 Å². The van der Waals surface area contributed by atoms with Crippen molar-refractivity contribution in [1.82, 2.24) is 9.80 Å². The molecule has 1 fully saturated rings. The first kappa shape index (κ1) is 17.3. The highest BCUT2D eigenvalue weighted by atomic mass is 16.6. The van der Waals surface area contributed by atoms with Crippen LogP contribution in [0.25, 0.3) is 0 Å². The zero-order chi connectivity index (χ0) is 16.6. The lowest BCUT2D eigenvalue weighted by molar-refractivity contribution is -0.129. The third-order valence-corrected chi connectivity index (χ3v) is 3.26. The van der Waals surface area contributed by atoms with Gasteiger partial charge in [0.25, 0.3) is 0 Å². The lowest BCUT2D eigenvalue weighted by Gasteiger charge is -2.39. The standard InChI is InChI=1S/C15H25N3O3/c1-14(2,3)12-17(7)11(19)10(8-9-16)18(12)13(20)21-15(4,5)6/h10,12H,8H2,1-7H3/t10-,12-/m0/s1. The summed E-state index contributed by atoms with van der Waals surface area (Å²) < 4.78 is 5.42. The second-order valence-corrected chi connectivity index (χ2v) is 7.45. The van der Waals surface area contributed by atoms with E-state index in [1.54, 1.807) is 27.8 Å². The van der Waals surface area contributed by atoms with E-state index in [0.717, 1.165) is 0 Å². The van der Waals surface area contributed by atoms with Crippen LogP contribution in [0.15, 0.2) is 0 Å². The van der Waals surface area contributed by atoms with Crippen molar-refractivity contribution < 1.29 is 14.3 Å². The van der Waals surface area contributed by atoms with Gasteiger partial charge in [-0.1, -0.05) is 20.8 Å². The van der Waals surface area contributed by atoms with E-state index in [-0.39, 0.29) is 17.7 Å². The number of hydrogen-bond acceptors (Lipinski definition) is 4. The van der Waals surface area contributed by atoms with Crippen LogP contribution in [0.3, 0.4) is 0 Å². The van der Waals surface area contributed by atoms with E-state index in [4.69, 9.17) is 10.00 Å². The van der Waals surface area contributed by atoms with Gasteiger partial charge in [0.1, 0.15) is 17.8 Å². The lowest BCUT2D eigenvalue weighted by atomic mass is 9.91. The van der Waals surface area contributed by atoms with Gasteiger partial charge in [0.05, 0.1) is 12.5 Å². The SMILES string of the molecule is CN1C(=O)[C@H](CC#N)N(C(=O)OC(C)(C)C)[C@H]1C(C)(C)C. The van der Waals surface area contributed by atoms with Gasteiger partial charge in [-0.2, -0.15) is 5.26 Å². The van der Waals surface area contributed by atoms with Gasteiger partial charge in [-0.05, 0) is 20.8 Å². The minimum absolute atomic E-state index is 0.0327. The summed E-state index contributed by atoms with van der Waals surface area (Å²) >= 11 is 0. The van der Waals surface area contributed by atoms with Gasteiger partial charge in [-0.25, -0.2) is 4.79 Å². The predicted octanol–water partition coefficient (Wildman–Crippen LogP) is 2.35. The summed E-state index contributed by atoms with van der Waals surface area (Å²) in [4.78, 5) is 27.8. The number of nitrogens with zero attached hydrogens (tertiary/aromatic N) is 3. The summed E-state index contributed by atoms with van der Waals surface area (Å²) in [5.74, 6) is -0.220. The Bertz CT molecular complexity index is 468. The molecule has 1 aliphatic heterocycles. The van der Waals surface area contributed by atoms with E-state index < -0.39 is 23.9 Å². The van der Waals surface area contributed by atoms with Crippen LogP contribution in [0.4, 0.5) is 4.79 Å². The fraction of sp³-hybridized carbons (Fsp3) is 0.800. The third kappa shape index (κ3) is 3.66. The molecule has 0 unspecified atom stereocenters. The fourth-order valence-corrected chi connectivity index (χ4v) is 2.64. The fourth-order valence-electron chi connectivity index (χ4n) is 2.64. The zero-order valence-corrected chi connectivity index (χ0v) is 13.9. The second-order valence-electron chi connectivity index (χ2n) is 7.45. The van der Waals surface area contributed by atoms with E-state index in [9.17, 15) is 9.59 Å². The van der Waals surface area contributed by atoms with Crippen LogP contribution in [-0.4, -0.2) is 46.7 Å². The van der Waals surface area contributed by atoms with Crippen molar-refractivity contribution in [2.75, 3.05) is 7.05 Å². The molecular weight excluding hydrogens is 270 g/mol. The molecule has 118 valence electrons. The van der Waals surface area contributed by atoms with E-state index in [1.165, 1.54) is 9.80 Å². The Hall–Kier alpha value is -1.77. The van der Waals surface area contributed by atoms with Gasteiger partial charge >= 0.3 is 6.09 Å². The number of amides is 2. The number of hydrogen-bond donors (Lipinski definition) is 0. The quantitative estimate of drug-likeness (QED) is 0.744. The topological polar surface area (TPSA) is 73.6 Å². The van der Waals surface area contributed by atoms with Crippen LogP contribution in [0.1, 0.15) is 48.0 Å². The van der Waals surface area contributed by atoms with Gasteiger partial charge < -0.3 is 9.64 Å². The molecule has 0 spiro atoms. The summed E-state index contributed by atoms with van der Waals surface area (Å²) in [5.41, 5.74) is -0.994. The molecule has 1 heterocycles. The van der Waals surface area contributed by atoms with Crippen LogP contribution < -0.4 is 0 Å². The van der Waals surface area contributed by atoms with Crippen molar-refractivity contribution in [3.63, 3.8) is 0 Å². The molecule has 1 rings (SSSR count). The molecule has 6 heteroatoms.